The van der Waals surface area contributed by atoms with E-state index in [0.717, 1.165) is 17.3 Å². The third-order valence-corrected chi connectivity index (χ3v) is 3.02. The van der Waals surface area contributed by atoms with Crippen molar-refractivity contribution in [3.05, 3.63) is 18.2 Å². The van der Waals surface area contributed by atoms with Gasteiger partial charge in [-0.15, -0.1) is 11.8 Å². The molecule has 2 rings (SSSR count). The van der Waals surface area contributed by atoms with Gasteiger partial charge in [0.2, 0.25) is 6.79 Å². The van der Waals surface area contributed by atoms with Crippen LogP contribution in [0.15, 0.2) is 23.1 Å². The molecule has 2 nitrogen and oxygen atoms in total. The monoisotopic (exact) mass is 196 g/mol. The lowest BCUT2D eigenvalue weighted by Crippen LogP contribution is -1.92. The molecule has 0 radical (unpaired) electrons. The summed E-state index contributed by atoms with van der Waals surface area (Å²) in [5.74, 6) is 2.89. The second kappa shape index (κ2) is 3.92. The van der Waals surface area contributed by atoms with Crippen molar-refractivity contribution in [2.45, 2.75) is 18.2 Å². The molecule has 0 unspecified atom stereocenters. The number of rotatable bonds is 3. The normalized spacial score (nSPS) is 13.3. The zero-order valence-electron chi connectivity index (χ0n) is 7.58. The number of hydrogen-bond acceptors (Lipinski definition) is 3. The lowest BCUT2D eigenvalue weighted by Gasteiger charge is -2.00. The summed E-state index contributed by atoms with van der Waals surface area (Å²) in [6, 6.07) is 6.09. The van der Waals surface area contributed by atoms with Crippen LogP contribution < -0.4 is 9.47 Å². The van der Waals surface area contributed by atoms with Crippen molar-refractivity contribution >= 4 is 11.8 Å². The van der Waals surface area contributed by atoms with Crippen molar-refractivity contribution in [3.63, 3.8) is 0 Å². The quantitative estimate of drug-likeness (QED) is 0.692. The molecule has 1 aromatic rings. The summed E-state index contributed by atoms with van der Waals surface area (Å²) in [5, 5.41) is 0. The summed E-state index contributed by atoms with van der Waals surface area (Å²) < 4.78 is 10.5. The van der Waals surface area contributed by atoms with Crippen LogP contribution in [-0.4, -0.2) is 12.5 Å². The Morgan fingerprint density at radius 3 is 3.00 bits per heavy atom. The van der Waals surface area contributed by atoms with Gasteiger partial charge in [0.25, 0.3) is 0 Å². The number of benzene rings is 1. The largest absolute Gasteiger partial charge is 0.454 e. The highest BCUT2D eigenvalue weighted by Gasteiger charge is 2.12. The van der Waals surface area contributed by atoms with E-state index in [4.69, 9.17) is 9.47 Å². The standard InChI is InChI=1S/C10H12O2S/c1-2-5-13-8-3-4-9-10(6-8)12-7-11-9/h3-4,6H,2,5,7H2,1H3. The van der Waals surface area contributed by atoms with Gasteiger partial charge in [0.05, 0.1) is 0 Å². The summed E-state index contributed by atoms with van der Waals surface area (Å²) in [5.41, 5.74) is 0. The molecule has 1 heterocycles. The number of ether oxygens (including phenoxy) is 2. The molecule has 13 heavy (non-hydrogen) atoms. The molecule has 0 bridgehead atoms. The molecule has 1 aliphatic rings. The van der Waals surface area contributed by atoms with Crippen LogP contribution in [0.25, 0.3) is 0 Å². The van der Waals surface area contributed by atoms with Gasteiger partial charge in [0.15, 0.2) is 11.5 Å². The lowest BCUT2D eigenvalue weighted by atomic mass is 10.3. The molecule has 0 aliphatic carbocycles. The van der Waals surface area contributed by atoms with Gasteiger partial charge >= 0.3 is 0 Å². The second-order valence-corrected chi connectivity index (χ2v) is 4.03. The van der Waals surface area contributed by atoms with Crippen molar-refractivity contribution in [2.75, 3.05) is 12.5 Å². The highest BCUT2D eigenvalue weighted by atomic mass is 32.2. The molecule has 0 amide bonds. The molecule has 0 aromatic heterocycles. The van der Waals surface area contributed by atoms with Crippen LogP contribution >= 0.6 is 11.8 Å². The van der Waals surface area contributed by atoms with Crippen molar-refractivity contribution in [1.29, 1.82) is 0 Å². The fraction of sp³-hybridized carbons (Fsp3) is 0.400. The first-order valence-electron chi connectivity index (χ1n) is 4.42. The zero-order valence-corrected chi connectivity index (χ0v) is 8.39. The first-order chi connectivity index (χ1) is 6.40. The minimum Gasteiger partial charge on any atom is -0.454 e. The molecule has 3 heteroatoms. The van der Waals surface area contributed by atoms with E-state index < -0.39 is 0 Å². The molecule has 0 saturated carbocycles. The van der Waals surface area contributed by atoms with Crippen LogP contribution in [0.3, 0.4) is 0 Å². The van der Waals surface area contributed by atoms with Gasteiger partial charge in [-0.05, 0) is 30.4 Å². The SMILES string of the molecule is CCCSc1ccc2c(c1)OCO2. The van der Waals surface area contributed by atoms with Crippen molar-refractivity contribution < 1.29 is 9.47 Å². The van der Waals surface area contributed by atoms with Crippen LogP contribution in [0, 0.1) is 0 Å². The predicted molar refractivity (Wildman–Crippen MR) is 53.6 cm³/mol. The van der Waals surface area contributed by atoms with Gasteiger partial charge in [-0.2, -0.15) is 0 Å². The Morgan fingerprint density at radius 1 is 1.31 bits per heavy atom. The second-order valence-electron chi connectivity index (χ2n) is 2.86. The van der Waals surface area contributed by atoms with Gasteiger partial charge in [-0.25, -0.2) is 0 Å². The Labute approximate surface area is 82.2 Å². The third-order valence-electron chi connectivity index (χ3n) is 1.82. The summed E-state index contributed by atoms with van der Waals surface area (Å²) in [6.07, 6.45) is 1.19. The zero-order chi connectivity index (χ0) is 9.10. The van der Waals surface area contributed by atoms with E-state index in [2.05, 4.69) is 13.0 Å². The van der Waals surface area contributed by atoms with Crippen LogP contribution in [-0.2, 0) is 0 Å². The number of fused-ring (bicyclic) bond motifs is 1. The highest BCUT2D eigenvalue weighted by Crippen LogP contribution is 2.35. The van der Waals surface area contributed by atoms with Gasteiger partial charge in [0, 0.05) is 4.90 Å². The number of thioether (sulfide) groups is 1. The molecular weight excluding hydrogens is 184 g/mol. The fourth-order valence-corrected chi connectivity index (χ4v) is 1.98. The molecule has 0 spiro atoms. The van der Waals surface area contributed by atoms with Crippen molar-refractivity contribution in [1.82, 2.24) is 0 Å². The summed E-state index contributed by atoms with van der Waals surface area (Å²) in [4.78, 5) is 1.26. The predicted octanol–water partition coefficient (Wildman–Crippen LogP) is 2.92. The topological polar surface area (TPSA) is 18.5 Å². The van der Waals surface area contributed by atoms with Gasteiger partial charge in [-0.3, -0.25) is 0 Å². The molecule has 0 saturated heterocycles. The third kappa shape index (κ3) is 1.91. The minimum atomic E-state index is 0.358. The Balaban J connectivity index is 2.12. The van der Waals surface area contributed by atoms with E-state index in [1.807, 2.05) is 23.9 Å². The Morgan fingerprint density at radius 2 is 2.15 bits per heavy atom. The first-order valence-corrected chi connectivity index (χ1v) is 5.41. The average molecular weight is 196 g/mol. The molecule has 1 aromatic carbocycles. The van der Waals surface area contributed by atoms with Crippen LogP contribution in [0.1, 0.15) is 13.3 Å². The number of hydrogen-bond donors (Lipinski definition) is 0. The molecule has 70 valence electrons. The van der Waals surface area contributed by atoms with E-state index in [9.17, 15) is 0 Å². The van der Waals surface area contributed by atoms with Gasteiger partial charge < -0.3 is 9.47 Å². The average Bonchev–Trinajstić information content (AvgIpc) is 2.61. The Hall–Kier alpha value is -0.830. The van der Waals surface area contributed by atoms with E-state index in [1.54, 1.807) is 0 Å². The lowest BCUT2D eigenvalue weighted by molar-refractivity contribution is 0.174. The molecule has 0 fully saturated rings. The van der Waals surface area contributed by atoms with Crippen molar-refractivity contribution in [3.8, 4) is 11.5 Å². The minimum absolute atomic E-state index is 0.358. The maximum Gasteiger partial charge on any atom is 0.231 e. The summed E-state index contributed by atoms with van der Waals surface area (Å²) in [6.45, 7) is 2.54. The van der Waals surface area contributed by atoms with E-state index >= 15 is 0 Å². The van der Waals surface area contributed by atoms with Crippen molar-refractivity contribution in [2.24, 2.45) is 0 Å². The smallest absolute Gasteiger partial charge is 0.231 e. The van der Waals surface area contributed by atoms with Crippen LogP contribution in [0.2, 0.25) is 0 Å². The van der Waals surface area contributed by atoms with Crippen LogP contribution in [0.4, 0.5) is 0 Å². The van der Waals surface area contributed by atoms with Crippen LogP contribution in [0.5, 0.6) is 11.5 Å². The van der Waals surface area contributed by atoms with Gasteiger partial charge in [-0.1, -0.05) is 6.92 Å². The fourth-order valence-electron chi connectivity index (χ4n) is 1.19. The van der Waals surface area contributed by atoms with E-state index in [0.29, 0.717) is 6.79 Å². The first kappa shape index (κ1) is 8.75. The summed E-state index contributed by atoms with van der Waals surface area (Å²) >= 11 is 1.85. The molecule has 0 atom stereocenters. The maximum absolute atomic E-state index is 5.28. The molecule has 0 N–H and O–H groups in total. The molecule has 1 aliphatic heterocycles. The Bertz CT molecular complexity index is 299. The van der Waals surface area contributed by atoms with E-state index in [-0.39, 0.29) is 0 Å². The highest BCUT2D eigenvalue weighted by molar-refractivity contribution is 7.99. The maximum atomic E-state index is 5.28. The van der Waals surface area contributed by atoms with E-state index in [1.165, 1.54) is 11.3 Å². The Kier molecular flexibility index (Phi) is 2.64. The van der Waals surface area contributed by atoms with Gasteiger partial charge in [0.1, 0.15) is 0 Å². The summed E-state index contributed by atoms with van der Waals surface area (Å²) in [7, 11) is 0. The molecular formula is C10H12O2S.